The van der Waals surface area contributed by atoms with Crippen molar-refractivity contribution in [2.45, 2.75) is 0 Å². The van der Waals surface area contributed by atoms with Crippen LogP contribution in [0.3, 0.4) is 0 Å². The lowest BCUT2D eigenvalue weighted by atomic mass is 10.2. The van der Waals surface area contributed by atoms with Crippen molar-refractivity contribution < 1.29 is 14.3 Å². The standard InChI is InChI=1S/C15H13BrClNO3/c1-20-13-8-12(14(21-2)7-11(13)16)18-15(19)9-3-5-10(17)6-4-9/h3-8H,1-2H3,(H,18,19). The van der Waals surface area contributed by atoms with Crippen molar-refractivity contribution in [2.75, 3.05) is 19.5 Å². The first-order valence-electron chi connectivity index (χ1n) is 6.03. The summed E-state index contributed by atoms with van der Waals surface area (Å²) < 4.78 is 11.2. The third-order valence-electron chi connectivity index (χ3n) is 2.83. The van der Waals surface area contributed by atoms with E-state index in [0.29, 0.717) is 27.8 Å². The Bertz CT molecular complexity index is 659. The van der Waals surface area contributed by atoms with E-state index in [9.17, 15) is 4.79 Å². The minimum absolute atomic E-state index is 0.255. The molecule has 21 heavy (non-hydrogen) atoms. The van der Waals surface area contributed by atoms with Gasteiger partial charge in [0.05, 0.1) is 24.4 Å². The molecule has 0 heterocycles. The maximum atomic E-state index is 12.2. The molecule has 6 heteroatoms. The van der Waals surface area contributed by atoms with Crippen molar-refractivity contribution in [3.8, 4) is 11.5 Å². The molecule has 0 radical (unpaired) electrons. The Hall–Kier alpha value is -1.72. The fourth-order valence-corrected chi connectivity index (χ4v) is 2.36. The van der Waals surface area contributed by atoms with Gasteiger partial charge in [-0.25, -0.2) is 0 Å². The molecule has 0 aliphatic rings. The first kappa shape index (κ1) is 15.7. The number of ether oxygens (including phenoxy) is 2. The van der Waals surface area contributed by atoms with Crippen LogP contribution in [0.1, 0.15) is 10.4 Å². The summed E-state index contributed by atoms with van der Waals surface area (Å²) in [5.74, 6) is 0.876. The predicted molar refractivity (Wildman–Crippen MR) is 86.7 cm³/mol. The first-order valence-corrected chi connectivity index (χ1v) is 7.20. The van der Waals surface area contributed by atoms with Gasteiger partial charge in [0.1, 0.15) is 11.5 Å². The number of rotatable bonds is 4. The fourth-order valence-electron chi connectivity index (χ4n) is 1.75. The van der Waals surface area contributed by atoms with Gasteiger partial charge in [0.25, 0.3) is 5.91 Å². The van der Waals surface area contributed by atoms with Gasteiger partial charge in [0.2, 0.25) is 0 Å². The fraction of sp³-hybridized carbons (Fsp3) is 0.133. The molecule has 0 atom stereocenters. The highest BCUT2D eigenvalue weighted by atomic mass is 79.9. The first-order chi connectivity index (χ1) is 10.0. The van der Waals surface area contributed by atoms with Crippen LogP contribution in [-0.4, -0.2) is 20.1 Å². The van der Waals surface area contributed by atoms with E-state index in [0.717, 1.165) is 4.47 Å². The monoisotopic (exact) mass is 369 g/mol. The Balaban J connectivity index is 2.29. The molecule has 0 spiro atoms. The Morgan fingerprint density at radius 1 is 1.10 bits per heavy atom. The zero-order chi connectivity index (χ0) is 15.4. The number of nitrogens with one attached hydrogen (secondary N) is 1. The normalized spacial score (nSPS) is 10.1. The summed E-state index contributed by atoms with van der Waals surface area (Å²) >= 11 is 9.18. The Morgan fingerprint density at radius 2 is 1.71 bits per heavy atom. The van der Waals surface area contributed by atoms with Gasteiger partial charge in [0.15, 0.2) is 0 Å². The van der Waals surface area contributed by atoms with Gasteiger partial charge in [-0.1, -0.05) is 11.6 Å². The number of carbonyl (C=O) groups excluding carboxylic acids is 1. The van der Waals surface area contributed by atoms with E-state index >= 15 is 0 Å². The Morgan fingerprint density at radius 3 is 2.29 bits per heavy atom. The molecule has 1 N–H and O–H groups in total. The number of hydrogen-bond donors (Lipinski definition) is 1. The van der Waals surface area contributed by atoms with Crippen LogP contribution >= 0.6 is 27.5 Å². The maximum Gasteiger partial charge on any atom is 0.255 e. The molecule has 0 fully saturated rings. The smallest absolute Gasteiger partial charge is 0.255 e. The minimum Gasteiger partial charge on any atom is -0.495 e. The van der Waals surface area contributed by atoms with Gasteiger partial charge in [-0.2, -0.15) is 0 Å². The van der Waals surface area contributed by atoms with E-state index in [4.69, 9.17) is 21.1 Å². The predicted octanol–water partition coefficient (Wildman–Crippen LogP) is 4.37. The van der Waals surface area contributed by atoms with Crippen LogP contribution in [0.4, 0.5) is 5.69 Å². The summed E-state index contributed by atoms with van der Waals surface area (Å²) in [6.45, 7) is 0. The number of anilines is 1. The lowest BCUT2D eigenvalue weighted by Gasteiger charge is -2.13. The SMILES string of the molecule is COc1cc(NC(=O)c2ccc(Cl)cc2)c(OC)cc1Br. The molecule has 110 valence electrons. The zero-order valence-corrected chi connectivity index (χ0v) is 13.8. The highest BCUT2D eigenvalue weighted by Gasteiger charge is 2.13. The molecule has 2 aromatic rings. The van der Waals surface area contributed by atoms with Crippen molar-refractivity contribution in [1.29, 1.82) is 0 Å². The molecule has 0 unspecified atom stereocenters. The van der Waals surface area contributed by atoms with E-state index in [-0.39, 0.29) is 5.91 Å². The molecule has 0 saturated carbocycles. The van der Waals surface area contributed by atoms with Gasteiger partial charge in [-0.15, -0.1) is 0 Å². The third kappa shape index (κ3) is 3.68. The van der Waals surface area contributed by atoms with Crippen molar-refractivity contribution in [3.05, 3.63) is 51.5 Å². The summed E-state index contributed by atoms with van der Waals surface area (Å²) in [6, 6.07) is 10.1. The molecular formula is C15H13BrClNO3. The number of amides is 1. The lowest BCUT2D eigenvalue weighted by molar-refractivity contribution is 0.102. The third-order valence-corrected chi connectivity index (χ3v) is 3.70. The second kappa shape index (κ2) is 6.83. The van der Waals surface area contributed by atoms with Crippen LogP contribution in [-0.2, 0) is 0 Å². The molecular weight excluding hydrogens is 358 g/mol. The number of carbonyl (C=O) groups is 1. The van der Waals surface area contributed by atoms with Crippen molar-refractivity contribution in [2.24, 2.45) is 0 Å². The van der Waals surface area contributed by atoms with Crippen LogP contribution in [0.5, 0.6) is 11.5 Å². The lowest BCUT2D eigenvalue weighted by Crippen LogP contribution is -2.12. The van der Waals surface area contributed by atoms with E-state index in [1.54, 1.807) is 43.5 Å². The Kier molecular flexibility index (Phi) is 5.09. The van der Waals surface area contributed by atoms with Crippen molar-refractivity contribution in [3.63, 3.8) is 0 Å². The molecule has 0 bridgehead atoms. The van der Waals surface area contributed by atoms with Crippen LogP contribution in [0.2, 0.25) is 5.02 Å². The molecule has 4 nitrogen and oxygen atoms in total. The van der Waals surface area contributed by atoms with Crippen LogP contribution in [0, 0.1) is 0 Å². The highest BCUT2D eigenvalue weighted by Crippen LogP contribution is 2.36. The van der Waals surface area contributed by atoms with Crippen LogP contribution in [0.15, 0.2) is 40.9 Å². The molecule has 1 amide bonds. The molecule has 2 rings (SSSR count). The largest absolute Gasteiger partial charge is 0.495 e. The number of halogens is 2. The average Bonchev–Trinajstić information content (AvgIpc) is 2.49. The van der Waals surface area contributed by atoms with Gasteiger partial charge in [-0.3, -0.25) is 4.79 Å². The summed E-state index contributed by atoms with van der Waals surface area (Å²) in [5, 5.41) is 3.37. The highest BCUT2D eigenvalue weighted by molar-refractivity contribution is 9.10. The second-order valence-electron chi connectivity index (χ2n) is 4.15. The topological polar surface area (TPSA) is 47.6 Å². The molecule has 0 saturated heterocycles. The second-order valence-corrected chi connectivity index (χ2v) is 5.44. The minimum atomic E-state index is -0.255. The van der Waals surface area contributed by atoms with Crippen LogP contribution < -0.4 is 14.8 Å². The van der Waals surface area contributed by atoms with Gasteiger partial charge >= 0.3 is 0 Å². The van der Waals surface area contributed by atoms with Crippen molar-refractivity contribution in [1.82, 2.24) is 0 Å². The average molecular weight is 371 g/mol. The maximum absolute atomic E-state index is 12.2. The van der Waals surface area contributed by atoms with Crippen LogP contribution in [0.25, 0.3) is 0 Å². The van der Waals surface area contributed by atoms with E-state index < -0.39 is 0 Å². The summed E-state index contributed by atoms with van der Waals surface area (Å²) in [7, 11) is 3.09. The Labute approximate surface area is 136 Å². The molecule has 0 aliphatic carbocycles. The van der Waals surface area contributed by atoms with Gasteiger partial charge in [-0.05, 0) is 40.2 Å². The number of hydrogen-bond acceptors (Lipinski definition) is 3. The van der Waals surface area contributed by atoms with Gasteiger partial charge in [0, 0.05) is 22.7 Å². The van der Waals surface area contributed by atoms with E-state index in [1.165, 1.54) is 7.11 Å². The van der Waals surface area contributed by atoms with E-state index in [1.807, 2.05) is 0 Å². The summed E-state index contributed by atoms with van der Waals surface area (Å²) in [6.07, 6.45) is 0. The molecule has 2 aromatic carbocycles. The molecule has 0 aromatic heterocycles. The summed E-state index contributed by atoms with van der Waals surface area (Å²) in [5.41, 5.74) is 1.03. The quantitative estimate of drug-likeness (QED) is 0.869. The van der Waals surface area contributed by atoms with E-state index in [2.05, 4.69) is 21.2 Å². The number of benzene rings is 2. The van der Waals surface area contributed by atoms with Gasteiger partial charge < -0.3 is 14.8 Å². The number of methoxy groups -OCH3 is 2. The van der Waals surface area contributed by atoms with Crippen molar-refractivity contribution >= 4 is 39.1 Å². The molecule has 0 aliphatic heterocycles. The zero-order valence-electron chi connectivity index (χ0n) is 11.4. The summed E-state index contributed by atoms with van der Waals surface area (Å²) in [4.78, 5) is 12.2.